The van der Waals surface area contributed by atoms with E-state index in [1.54, 1.807) is 0 Å². The van der Waals surface area contributed by atoms with E-state index in [1.807, 2.05) is 0 Å². The number of nitrogens with zero attached hydrogens (tertiary/aromatic N) is 1. The first kappa shape index (κ1) is 15.1. The molecule has 0 aliphatic carbocycles. The van der Waals surface area contributed by atoms with Gasteiger partial charge in [0.15, 0.2) is 0 Å². The monoisotopic (exact) mass is 275 g/mol. The van der Waals surface area contributed by atoms with Crippen LogP contribution in [0.1, 0.15) is 12.5 Å². The van der Waals surface area contributed by atoms with Crippen molar-refractivity contribution in [1.29, 1.82) is 0 Å². The summed E-state index contributed by atoms with van der Waals surface area (Å²) in [6, 6.07) is 5.09. The second-order valence-corrected chi connectivity index (χ2v) is 3.84. The zero-order valence-electron chi connectivity index (χ0n) is 10.4. The summed E-state index contributed by atoms with van der Waals surface area (Å²) in [6.07, 6.45) is 1.79. The predicted octanol–water partition coefficient (Wildman–Crippen LogP) is -0.576. The van der Waals surface area contributed by atoms with E-state index in [-0.39, 0.29) is 16.8 Å². The largest absolute Gasteiger partial charge is 0.545 e. The number of carbonyl (C=O) groups is 2. The second-order valence-electron chi connectivity index (χ2n) is 3.84. The molecule has 0 spiro atoms. The highest BCUT2D eigenvalue weighted by Gasteiger charge is 2.05. The van der Waals surface area contributed by atoms with Crippen LogP contribution in [0.2, 0.25) is 0 Å². The Morgan fingerprint density at radius 1 is 1.15 bits per heavy atom. The molecular formula is C13H9NO6-2. The predicted molar refractivity (Wildman–Crippen MR) is 64.8 cm³/mol. The lowest BCUT2D eigenvalue weighted by molar-refractivity contribution is -0.384. The number of hydrogen-bond donors (Lipinski definition) is 0. The summed E-state index contributed by atoms with van der Waals surface area (Å²) in [6.45, 7) is 1.28. The Kier molecular flexibility index (Phi) is 4.74. The lowest BCUT2D eigenvalue weighted by Gasteiger charge is -2.10. The summed E-state index contributed by atoms with van der Waals surface area (Å²) in [4.78, 5) is 31.3. The highest BCUT2D eigenvalue weighted by Crippen LogP contribution is 2.17. The average Bonchev–Trinajstić information content (AvgIpc) is 2.35. The summed E-state index contributed by atoms with van der Waals surface area (Å²) in [7, 11) is 0. The zero-order valence-corrected chi connectivity index (χ0v) is 10.4. The minimum absolute atomic E-state index is 0.0525. The summed E-state index contributed by atoms with van der Waals surface area (Å²) < 4.78 is 0. The molecular weight excluding hydrogens is 266 g/mol. The van der Waals surface area contributed by atoms with Crippen molar-refractivity contribution in [2.75, 3.05) is 0 Å². The molecule has 0 bridgehead atoms. The maximum absolute atomic E-state index is 11.0. The number of carbonyl (C=O) groups excluding carboxylic acids is 2. The molecule has 0 heterocycles. The number of rotatable bonds is 5. The van der Waals surface area contributed by atoms with Gasteiger partial charge in [-0.05, 0) is 42.3 Å². The van der Waals surface area contributed by atoms with Crippen LogP contribution in [0.5, 0.6) is 0 Å². The van der Waals surface area contributed by atoms with Gasteiger partial charge in [0.1, 0.15) is 0 Å². The van der Waals surface area contributed by atoms with E-state index in [4.69, 9.17) is 0 Å². The Morgan fingerprint density at radius 3 is 2.10 bits per heavy atom. The van der Waals surface area contributed by atoms with Gasteiger partial charge in [-0.1, -0.05) is 0 Å². The van der Waals surface area contributed by atoms with Crippen LogP contribution in [0.3, 0.4) is 0 Å². The van der Waals surface area contributed by atoms with Crippen molar-refractivity contribution in [2.45, 2.75) is 6.92 Å². The van der Waals surface area contributed by atoms with Gasteiger partial charge in [-0.15, -0.1) is 0 Å². The first-order valence-electron chi connectivity index (χ1n) is 5.38. The summed E-state index contributed by atoms with van der Waals surface area (Å²) >= 11 is 0. The Labute approximate surface area is 113 Å². The first-order valence-corrected chi connectivity index (χ1v) is 5.38. The van der Waals surface area contributed by atoms with Crippen LogP contribution in [0.15, 0.2) is 41.5 Å². The quantitative estimate of drug-likeness (QED) is 0.306. The third-order valence-corrected chi connectivity index (χ3v) is 2.39. The van der Waals surface area contributed by atoms with Gasteiger partial charge in [0.05, 0.1) is 16.9 Å². The molecule has 104 valence electrons. The van der Waals surface area contributed by atoms with E-state index in [1.165, 1.54) is 31.2 Å². The van der Waals surface area contributed by atoms with Gasteiger partial charge in [0.2, 0.25) is 0 Å². The number of hydrogen-bond acceptors (Lipinski definition) is 6. The summed E-state index contributed by atoms with van der Waals surface area (Å²) in [5, 5.41) is 31.8. The van der Waals surface area contributed by atoms with Gasteiger partial charge in [-0.3, -0.25) is 10.1 Å². The van der Waals surface area contributed by atoms with Crippen molar-refractivity contribution >= 4 is 23.7 Å². The smallest absolute Gasteiger partial charge is 0.269 e. The van der Waals surface area contributed by atoms with Crippen LogP contribution in [0, 0.1) is 10.1 Å². The van der Waals surface area contributed by atoms with Crippen LogP contribution in [-0.4, -0.2) is 16.9 Å². The van der Waals surface area contributed by atoms with Gasteiger partial charge < -0.3 is 19.8 Å². The normalized spacial score (nSPS) is 12.1. The molecule has 0 saturated heterocycles. The molecule has 0 fully saturated rings. The molecule has 0 aromatic heterocycles. The van der Waals surface area contributed by atoms with Gasteiger partial charge in [-0.25, -0.2) is 0 Å². The van der Waals surface area contributed by atoms with E-state index in [0.717, 1.165) is 6.08 Å². The maximum atomic E-state index is 11.0. The standard InChI is InChI=1S/C13H11NO6/c1-8(6-12(15)16)11(13(17)18)7-9-2-4-10(5-3-9)14(19)20/h2-7H,1H3,(H,15,16)(H,17,18)/p-2/b8-6-,11-7+. The van der Waals surface area contributed by atoms with E-state index >= 15 is 0 Å². The molecule has 0 aliphatic rings. The van der Waals surface area contributed by atoms with Crippen molar-refractivity contribution in [3.8, 4) is 0 Å². The summed E-state index contributed by atoms with van der Waals surface area (Å²) in [5.74, 6) is -3.09. The molecule has 20 heavy (non-hydrogen) atoms. The molecule has 0 unspecified atom stereocenters. The molecule has 1 aromatic rings. The fraction of sp³-hybridized carbons (Fsp3) is 0.0769. The lowest BCUT2D eigenvalue weighted by atomic mass is 10.0. The van der Waals surface area contributed by atoms with Gasteiger partial charge >= 0.3 is 0 Å². The number of aliphatic carboxylic acids is 2. The molecule has 0 saturated carbocycles. The number of benzene rings is 1. The zero-order chi connectivity index (χ0) is 15.3. The van der Waals surface area contributed by atoms with Crippen molar-refractivity contribution in [2.24, 2.45) is 0 Å². The molecule has 1 aromatic carbocycles. The summed E-state index contributed by atoms with van der Waals surface area (Å²) in [5.41, 5.74) is -0.175. The molecule has 0 radical (unpaired) electrons. The van der Waals surface area contributed by atoms with E-state index < -0.39 is 16.9 Å². The van der Waals surface area contributed by atoms with E-state index in [0.29, 0.717) is 11.6 Å². The number of carboxylic acid groups (broad SMARTS) is 2. The Balaban J connectivity index is 3.18. The fourth-order valence-electron chi connectivity index (χ4n) is 1.45. The second kappa shape index (κ2) is 6.28. The molecule has 0 atom stereocenters. The fourth-order valence-corrected chi connectivity index (χ4v) is 1.45. The van der Waals surface area contributed by atoms with Crippen molar-refractivity contribution in [1.82, 2.24) is 0 Å². The minimum Gasteiger partial charge on any atom is -0.545 e. The van der Waals surface area contributed by atoms with Gasteiger partial charge in [-0.2, -0.15) is 0 Å². The maximum Gasteiger partial charge on any atom is 0.269 e. The lowest BCUT2D eigenvalue weighted by Crippen LogP contribution is -2.26. The topological polar surface area (TPSA) is 123 Å². The third kappa shape index (κ3) is 4.05. The van der Waals surface area contributed by atoms with Crippen LogP contribution < -0.4 is 10.2 Å². The highest BCUT2D eigenvalue weighted by molar-refractivity contribution is 5.97. The van der Waals surface area contributed by atoms with Crippen LogP contribution >= 0.6 is 0 Å². The molecule has 1 rings (SSSR count). The molecule has 7 nitrogen and oxygen atoms in total. The Morgan fingerprint density at radius 2 is 1.70 bits per heavy atom. The molecule has 0 amide bonds. The minimum atomic E-state index is -1.56. The number of nitro groups is 1. The molecule has 0 aliphatic heterocycles. The van der Waals surface area contributed by atoms with Gasteiger partial charge in [0, 0.05) is 17.7 Å². The van der Waals surface area contributed by atoms with E-state index in [2.05, 4.69) is 0 Å². The SMILES string of the molecule is CC(=C/C(=O)[O-])/C(=C\c1ccc([N+](=O)[O-])cc1)C(=O)[O-]. The van der Waals surface area contributed by atoms with Crippen LogP contribution in [-0.2, 0) is 9.59 Å². The first-order chi connectivity index (χ1) is 9.31. The average molecular weight is 275 g/mol. The molecule has 7 heteroatoms. The van der Waals surface area contributed by atoms with E-state index in [9.17, 15) is 29.9 Å². The van der Waals surface area contributed by atoms with Crippen molar-refractivity contribution in [3.63, 3.8) is 0 Å². The highest BCUT2D eigenvalue weighted by atomic mass is 16.6. The van der Waals surface area contributed by atoms with Gasteiger partial charge in [0.25, 0.3) is 5.69 Å². The van der Waals surface area contributed by atoms with Crippen LogP contribution in [0.25, 0.3) is 6.08 Å². The number of nitro benzene ring substituents is 1. The van der Waals surface area contributed by atoms with Crippen LogP contribution in [0.4, 0.5) is 5.69 Å². The third-order valence-electron chi connectivity index (χ3n) is 2.39. The Bertz CT molecular complexity index is 612. The van der Waals surface area contributed by atoms with Crippen molar-refractivity contribution in [3.05, 3.63) is 57.2 Å². The Hall–Kier alpha value is -2.96. The number of carboxylic acids is 2. The number of non-ortho nitro benzene ring substituents is 1. The molecule has 0 N–H and O–H groups in total. The van der Waals surface area contributed by atoms with Crippen molar-refractivity contribution < 1.29 is 24.7 Å².